The molecule has 0 spiro atoms. The molecule has 0 bridgehead atoms. The van der Waals surface area contributed by atoms with Crippen LogP contribution < -0.4 is 10.1 Å². The topological polar surface area (TPSA) is 43.3 Å². The molecule has 116 valence electrons. The molecule has 2 heterocycles. The monoisotopic (exact) mass is 402 g/mol. The first-order valence-corrected chi connectivity index (χ1v) is 8.26. The van der Waals surface area contributed by atoms with Gasteiger partial charge < -0.3 is 14.6 Å². The van der Waals surface area contributed by atoms with Crippen molar-refractivity contribution in [1.29, 1.82) is 0 Å². The van der Waals surface area contributed by atoms with Gasteiger partial charge in [-0.05, 0) is 24.3 Å². The molecule has 1 N–H and O–H groups in total. The third-order valence-corrected chi connectivity index (χ3v) is 5.00. The first-order chi connectivity index (χ1) is 10.5. The van der Waals surface area contributed by atoms with Crippen LogP contribution in [0.15, 0.2) is 28.7 Å². The van der Waals surface area contributed by atoms with E-state index in [1.54, 1.807) is 17.7 Å². The van der Waals surface area contributed by atoms with E-state index < -0.39 is 0 Å². The quantitative estimate of drug-likeness (QED) is 0.809. The van der Waals surface area contributed by atoms with Gasteiger partial charge in [-0.15, -0.1) is 0 Å². The normalized spacial score (nSPS) is 16.8. The van der Waals surface area contributed by atoms with Crippen LogP contribution in [-0.4, -0.2) is 17.1 Å². The Hall–Kier alpha value is -1.17. The molecule has 1 atom stereocenters. The predicted octanol–water partition coefficient (Wildman–Crippen LogP) is 4.35. The number of benzene rings is 1. The van der Waals surface area contributed by atoms with Crippen LogP contribution in [0.2, 0.25) is 10.2 Å². The largest absolute Gasteiger partial charge is 0.493 e. The highest BCUT2D eigenvalue weighted by atomic mass is 79.9. The lowest BCUT2D eigenvalue weighted by molar-refractivity contribution is 0.0916. The van der Waals surface area contributed by atoms with Gasteiger partial charge in [0.2, 0.25) is 0 Å². The van der Waals surface area contributed by atoms with Gasteiger partial charge in [-0.1, -0.05) is 39.1 Å². The van der Waals surface area contributed by atoms with Crippen LogP contribution in [0.4, 0.5) is 0 Å². The predicted molar refractivity (Wildman–Crippen MR) is 89.9 cm³/mol. The van der Waals surface area contributed by atoms with E-state index in [4.69, 9.17) is 27.9 Å². The Morgan fingerprint density at radius 1 is 1.41 bits per heavy atom. The maximum absolute atomic E-state index is 12.5. The number of aromatic nitrogens is 1. The van der Waals surface area contributed by atoms with Gasteiger partial charge in [0.25, 0.3) is 5.91 Å². The molecule has 1 aromatic heterocycles. The van der Waals surface area contributed by atoms with Crippen molar-refractivity contribution >= 4 is 45.0 Å². The van der Waals surface area contributed by atoms with E-state index in [2.05, 4.69) is 21.2 Å². The van der Waals surface area contributed by atoms with Crippen LogP contribution in [0.1, 0.15) is 28.5 Å². The number of amides is 1. The third-order valence-electron chi connectivity index (χ3n) is 3.67. The summed E-state index contributed by atoms with van der Waals surface area (Å²) in [6.07, 6.45) is 0.709. The van der Waals surface area contributed by atoms with Crippen LogP contribution >= 0.6 is 39.1 Å². The van der Waals surface area contributed by atoms with Crippen molar-refractivity contribution in [3.8, 4) is 5.75 Å². The van der Waals surface area contributed by atoms with Crippen molar-refractivity contribution < 1.29 is 9.53 Å². The third kappa shape index (κ3) is 2.85. The van der Waals surface area contributed by atoms with Gasteiger partial charge >= 0.3 is 0 Å². The lowest BCUT2D eigenvalue weighted by Crippen LogP contribution is -2.33. The van der Waals surface area contributed by atoms with Gasteiger partial charge in [0.1, 0.15) is 16.6 Å². The van der Waals surface area contributed by atoms with E-state index in [-0.39, 0.29) is 11.9 Å². The number of carbonyl (C=O) groups is 1. The fourth-order valence-corrected chi connectivity index (χ4v) is 3.26. The van der Waals surface area contributed by atoms with Gasteiger partial charge in [-0.2, -0.15) is 0 Å². The summed E-state index contributed by atoms with van der Waals surface area (Å²) < 4.78 is 8.14. The summed E-state index contributed by atoms with van der Waals surface area (Å²) in [5, 5.41) is 3.74. The lowest BCUT2D eigenvalue weighted by Gasteiger charge is -2.27. The Labute approximate surface area is 146 Å². The average molecular weight is 404 g/mol. The smallest absolute Gasteiger partial charge is 0.268 e. The van der Waals surface area contributed by atoms with Crippen LogP contribution in [0.5, 0.6) is 5.75 Å². The Morgan fingerprint density at radius 3 is 2.86 bits per heavy atom. The average Bonchev–Trinajstić information content (AvgIpc) is 2.75. The van der Waals surface area contributed by atoms with Gasteiger partial charge in [0.05, 0.1) is 17.7 Å². The van der Waals surface area contributed by atoms with Crippen molar-refractivity contribution in [2.24, 2.45) is 7.05 Å². The first-order valence-electron chi connectivity index (χ1n) is 6.71. The van der Waals surface area contributed by atoms with E-state index >= 15 is 0 Å². The summed E-state index contributed by atoms with van der Waals surface area (Å²) >= 11 is 15.4. The molecule has 1 unspecified atom stereocenters. The van der Waals surface area contributed by atoms with Gasteiger partial charge in [-0.25, -0.2) is 0 Å². The number of fused-ring (bicyclic) bond motifs is 1. The van der Waals surface area contributed by atoms with Crippen LogP contribution in [-0.2, 0) is 7.05 Å². The maximum Gasteiger partial charge on any atom is 0.268 e. The van der Waals surface area contributed by atoms with Crippen LogP contribution in [0.3, 0.4) is 0 Å². The highest BCUT2D eigenvalue weighted by Crippen LogP contribution is 2.34. The van der Waals surface area contributed by atoms with Crippen molar-refractivity contribution in [2.75, 3.05) is 6.61 Å². The zero-order valence-corrected chi connectivity index (χ0v) is 14.8. The molecule has 1 aliphatic rings. The summed E-state index contributed by atoms with van der Waals surface area (Å²) in [4.78, 5) is 12.5. The number of hydrogen-bond acceptors (Lipinski definition) is 2. The van der Waals surface area contributed by atoms with E-state index in [0.717, 1.165) is 15.8 Å². The summed E-state index contributed by atoms with van der Waals surface area (Å²) in [7, 11) is 1.71. The molecule has 2 aromatic rings. The molecule has 1 aliphatic heterocycles. The highest BCUT2D eigenvalue weighted by Gasteiger charge is 2.25. The van der Waals surface area contributed by atoms with Crippen molar-refractivity contribution in [1.82, 2.24) is 9.88 Å². The van der Waals surface area contributed by atoms with E-state index in [1.165, 1.54) is 0 Å². The second kappa shape index (κ2) is 6.14. The van der Waals surface area contributed by atoms with Crippen molar-refractivity contribution in [3.63, 3.8) is 0 Å². The summed E-state index contributed by atoms with van der Waals surface area (Å²) in [6, 6.07) is 7.24. The Morgan fingerprint density at radius 2 is 2.18 bits per heavy atom. The van der Waals surface area contributed by atoms with Gasteiger partial charge in [0, 0.05) is 23.5 Å². The number of nitrogens with one attached hydrogen (secondary N) is 1. The number of hydrogen-bond donors (Lipinski definition) is 1. The molecule has 22 heavy (non-hydrogen) atoms. The molecule has 1 amide bonds. The van der Waals surface area contributed by atoms with Crippen LogP contribution in [0, 0.1) is 0 Å². The van der Waals surface area contributed by atoms with E-state index in [0.29, 0.717) is 28.9 Å². The second-order valence-corrected chi connectivity index (χ2v) is 6.75. The molecule has 0 saturated heterocycles. The molecule has 0 radical (unpaired) electrons. The number of nitrogens with zero attached hydrogens (tertiary/aromatic N) is 1. The minimum absolute atomic E-state index is 0.110. The fraction of sp³-hybridized carbons (Fsp3) is 0.267. The molecule has 4 nitrogen and oxygen atoms in total. The zero-order chi connectivity index (χ0) is 15.9. The summed E-state index contributed by atoms with van der Waals surface area (Å²) in [6.45, 7) is 0.564. The number of carbonyl (C=O) groups excluding carboxylic acids is 1. The number of ether oxygens (including phenoxy) is 1. The summed E-state index contributed by atoms with van der Waals surface area (Å²) in [5.41, 5.74) is 1.39. The van der Waals surface area contributed by atoms with E-state index in [1.807, 2.05) is 18.2 Å². The molecular weight excluding hydrogens is 391 g/mol. The lowest BCUT2D eigenvalue weighted by atomic mass is 10.0. The SMILES string of the molecule is Cn1c(C(=O)NC2CCOc3ccc(Br)cc32)cc(Cl)c1Cl. The molecule has 0 aliphatic carbocycles. The zero-order valence-electron chi connectivity index (χ0n) is 11.7. The second-order valence-electron chi connectivity index (χ2n) is 5.07. The van der Waals surface area contributed by atoms with Crippen LogP contribution in [0.25, 0.3) is 0 Å². The van der Waals surface area contributed by atoms with Gasteiger partial charge in [0.15, 0.2) is 0 Å². The molecule has 0 saturated carbocycles. The Balaban J connectivity index is 1.87. The summed E-state index contributed by atoms with van der Waals surface area (Å²) in [5.74, 6) is 0.580. The maximum atomic E-state index is 12.5. The Bertz CT molecular complexity index is 745. The molecule has 7 heteroatoms. The van der Waals surface area contributed by atoms with Crippen molar-refractivity contribution in [3.05, 3.63) is 50.2 Å². The first kappa shape index (κ1) is 15.7. The highest BCUT2D eigenvalue weighted by molar-refractivity contribution is 9.10. The molecule has 1 aromatic carbocycles. The van der Waals surface area contributed by atoms with E-state index in [9.17, 15) is 4.79 Å². The molecule has 3 rings (SSSR count). The number of halogens is 3. The fourth-order valence-electron chi connectivity index (χ4n) is 2.51. The minimum Gasteiger partial charge on any atom is -0.493 e. The van der Waals surface area contributed by atoms with Gasteiger partial charge in [-0.3, -0.25) is 4.79 Å². The number of rotatable bonds is 2. The molecular formula is C15H13BrCl2N2O2. The van der Waals surface area contributed by atoms with Crippen molar-refractivity contribution in [2.45, 2.75) is 12.5 Å². The Kier molecular flexibility index (Phi) is 4.39. The minimum atomic E-state index is -0.214. The molecule has 0 fully saturated rings. The standard InChI is InChI=1S/C15H13BrCl2N2O2/c1-20-12(7-10(17)14(20)18)15(21)19-11-4-5-22-13-3-2-8(16)6-9(11)13/h2-3,6-7,11H,4-5H2,1H3,(H,19,21).